The van der Waals surface area contributed by atoms with Crippen LogP contribution in [0.1, 0.15) is 13.3 Å². The summed E-state index contributed by atoms with van der Waals surface area (Å²) in [6, 6.07) is 0. The molecule has 0 aromatic rings. The maximum absolute atomic E-state index is 12.9. The van der Waals surface area contributed by atoms with Gasteiger partial charge in [0.15, 0.2) is 0 Å². The fourth-order valence-electron chi connectivity index (χ4n) is 1.03. The van der Waals surface area contributed by atoms with Crippen LogP contribution in [0.4, 0.5) is 39.5 Å². The quantitative estimate of drug-likeness (QED) is 0.418. The molecule has 0 aliphatic rings. The number of esters is 1. The molecule has 0 aromatic carbocycles. The summed E-state index contributed by atoms with van der Waals surface area (Å²) in [5.41, 5.74) is 0. The van der Waals surface area contributed by atoms with Gasteiger partial charge in [-0.15, -0.1) is 0 Å². The normalized spacial score (nSPS) is 14.6. The number of carbonyl (C=O) groups excluding carboxylic acids is 1. The first-order valence-corrected chi connectivity index (χ1v) is 5.20. The average molecular weight is 332 g/mol. The monoisotopic (exact) mass is 332 g/mol. The SMILES string of the molecule is C/C=C/C(=O)OCCC(F)(F)C(F)(F)C(F)(F)C(F)(F)F. The number of halogens is 9. The third-order valence-corrected chi connectivity index (χ3v) is 2.17. The van der Waals surface area contributed by atoms with Crippen LogP contribution in [0.5, 0.6) is 0 Å². The molecule has 124 valence electrons. The van der Waals surface area contributed by atoms with Crippen LogP contribution >= 0.6 is 0 Å². The van der Waals surface area contributed by atoms with Crippen LogP contribution in [-0.2, 0) is 9.53 Å². The maximum atomic E-state index is 12.9. The van der Waals surface area contributed by atoms with Crippen molar-refractivity contribution in [1.82, 2.24) is 0 Å². The van der Waals surface area contributed by atoms with Crippen molar-refractivity contribution < 1.29 is 49.0 Å². The number of carbonyl (C=O) groups is 1. The number of allylic oxidation sites excluding steroid dienone is 1. The van der Waals surface area contributed by atoms with Crippen molar-refractivity contribution >= 4 is 5.97 Å². The van der Waals surface area contributed by atoms with E-state index in [0.717, 1.165) is 6.08 Å². The summed E-state index contributed by atoms with van der Waals surface area (Å²) in [5, 5.41) is 0. The summed E-state index contributed by atoms with van der Waals surface area (Å²) < 4.78 is 115. The fourth-order valence-corrected chi connectivity index (χ4v) is 1.03. The van der Waals surface area contributed by atoms with E-state index in [4.69, 9.17) is 0 Å². The maximum Gasteiger partial charge on any atom is 0.460 e. The zero-order chi connectivity index (χ0) is 17.1. The predicted octanol–water partition coefficient (Wildman–Crippen LogP) is 3.96. The van der Waals surface area contributed by atoms with Gasteiger partial charge < -0.3 is 4.74 Å². The van der Waals surface area contributed by atoms with Gasteiger partial charge in [-0.1, -0.05) is 6.08 Å². The van der Waals surface area contributed by atoms with E-state index in [1.807, 2.05) is 0 Å². The summed E-state index contributed by atoms with van der Waals surface area (Å²) in [6.45, 7) is -0.131. The molecule has 0 rings (SSSR count). The first-order valence-electron chi connectivity index (χ1n) is 5.20. The minimum atomic E-state index is -6.93. The molecule has 2 nitrogen and oxygen atoms in total. The molecule has 0 aliphatic carbocycles. The van der Waals surface area contributed by atoms with Crippen molar-refractivity contribution in [1.29, 1.82) is 0 Å². The second kappa shape index (κ2) is 6.14. The van der Waals surface area contributed by atoms with E-state index in [-0.39, 0.29) is 0 Å². The Hall–Kier alpha value is -1.42. The van der Waals surface area contributed by atoms with Gasteiger partial charge in [0.05, 0.1) is 13.0 Å². The average Bonchev–Trinajstić information content (AvgIpc) is 2.26. The smallest absolute Gasteiger partial charge is 0.460 e. The molecule has 0 amide bonds. The lowest BCUT2D eigenvalue weighted by atomic mass is 10.0. The molecule has 0 aromatic heterocycles. The lowest BCUT2D eigenvalue weighted by molar-refractivity contribution is -0.397. The summed E-state index contributed by atoms with van der Waals surface area (Å²) in [7, 11) is 0. The van der Waals surface area contributed by atoms with Gasteiger partial charge >= 0.3 is 29.9 Å². The van der Waals surface area contributed by atoms with Gasteiger partial charge in [0, 0.05) is 6.08 Å². The molecule has 0 fully saturated rings. The van der Waals surface area contributed by atoms with Crippen molar-refractivity contribution in [3.05, 3.63) is 12.2 Å². The van der Waals surface area contributed by atoms with Crippen molar-refractivity contribution in [2.75, 3.05) is 6.61 Å². The highest BCUT2D eigenvalue weighted by atomic mass is 19.4. The van der Waals surface area contributed by atoms with Gasteiger partial charge in [0.2, 0.25) is 0 Å². The highest BCUT2D eigenvalue weighted by Gasteiger charge is 2.81. The lowest BCUT2D eigenvalue weighted by Crippen LogP contribution is -2.61. The Balaban J connectivity index is 5.01. The van der Waals surface area contributed by atoms with E-state index < -0.39 is 42.9 Å². The Labute approximate surface area is 112 Å². The Morgan fingerprint density at radius 3 is 1.81 bits per heavy atom. The lowest BCUT2D eigenvalue weighted by Gasteiger charge is -2.33. The minimum absolute atomic E-state index is 0.709. The Kier molecular flexibility index (Phi) is 5.73. The molecule has 0 aliphatic heterocycles. The van der Waals surface area contributed by atoms with E-state index in [2.05, 4.69) is 4.74 Å². The van der Waals surface area contributed by atoms with Gasteiger partial charge in [-0.2, -0.15) is 39.5 Å². The van der Waals surface area contributed by atoms with Crippen LogP contribution in [0.2, 0.25) is 0 Å². The van der Waals surface area contributed by atoms with E-state index >= 15 is 0 Å². The third-order valence-electron chi connectivity index (χ3n) is 2.17. The molecule has 11 heteroatoms. The molecular formula is C10H9F9O2. The topological polar surface area (TPSA) is 26.3 Å². The molecule has 0 saturated carbocycles. The molecule has 0 saturated heterocycles. The second-order valence-corrected chi connectivity index (χ2v) is 3.77. The molecule has 21 heavy (non-hydrogen) atoms. The summed E-state index contributed by atoms with van der Waals surface area (Å²) >= 11 is 0. The minimum Gasteiger partial charge on any atom is -0.462 e. The highest BCUT2D eigenvalue weighted by molar-refractivity contribution is 5.81. The van der Waals surface area contributed by atoms with Crippen LogP contribution < -0.4 is 0 Å². The first-order chi connectivity index (χ1) is 9.20. The molecule has 0 bridgehead atoms. The van der Waals surface area contributed by atoms with Crippen LogP contribution in [-0.4, -0.2) is 36.5 Å². The van der Waals surface area contributed by atoms with E-state index in [0.29, 0.717) is 6.08 Å². The van der Waals surface area contributed by atoms with Gasteiger partial charge in [-0.25, -0.2) is 4.79 Å². The molecule has 0 spiro atoms. The number of hydrogen-bond acceptors (Lipinski definition) is 2. The van der Waals surface area contributed by atoms with E-state index in [1.165, 1.54) is 6.92 Å². The Morgan fingerprint density at radius 1 is 0.952 bits per heavy atom. The highest BCUT2D eigenvalue weighted by Crippen LogP contribution is 2.53. The zero-order valence-corrected chi connectivity index (χ0v) is 10.3. The van der Waals surface area contributed by atoms with Crippen LogP contribution in [0.15, 0.2) is 12.2 Å². The van der Waals surface area contributed by atoms with Gasteiger partial charge in [0.1, 0.15) is 0 Å². The number of ether oxygens (including phenoxy) is 1. The van der Waals surface area contributed by atoms with Crippen molar-refractivity contribution in [2.45, 2.75) is 37.3 Å². The molecule has 0 unspecified atom stereocenters. The number of alkyl halides is 9. The summed E-state index contributed by atoms with van der Waals surface area (Å²) in [4.78, 5) is 10.7. The van der Waals surface area contributed by atoms with E-state index in [9.17, 15) is 44.3 Å². The van der Waals surface area contributed by atoms with E-state index in [1.54, 1.807) is 0 Å². The zero-order valence-electron chi connectivity index (χ0n) is 10.3. The van der Waals surface area contributed by atoms with Gasteiger partial charge in [0.25, 0.3) is 0 Å². The van der Waals surface area contributed by atoms with Crippen molar-refractivity contribution in [2.24, 2.45) is 0 Å². The summed E-state index contributed by atoms with van der Waals surface area (Å²) in [6.07, 6.45) is -7.25. The van der Waals surface area contributed by atoms with Gasteiger partial charge in [-0.3, -0.25) is 0 Å². The van der Waals surface area contributed by atoms with Gasteiger partial charge in [-0.05, 0) is 6.92 Å². The Morgan fingerprint density at radius 2 is 1.43 bits per heavy atom. The second-order valence-electron chi connectivity index (χ2n) is 3.77. The first kappa shape index (κ1) is 19.6. The van der Waals surface area contributed by atoms with Crippen LogP contribution in [0, 0.1) is 0 Å². The molecular weight excluding hydrogens is 323 g/mol. The number of rotatable bonds is 6. The van der Waals surface area contributed by atoms with Crippen LogP contribution in [0.3, 0.4) is 0 Å². The molecule has 0 heterocycles. The molecule has 0 atom stereocenters. The Bertz CT molecular complexity index is 398. The standard InChI is InChI=1S/C10H9F9O2/c1-2-3-6(20)21-5-4-7(11,12)8(13,14)9(15,16)10(17,18)19/h2-3H,4-5H2,1H3/b3-2+. The predicted molar refractivity (Wildman–Crippen MR) is 51.3 cm³/mol. The largest absolute Gasteiger partial charge is 0.462 e. The fraction of sp³-hybridized carbons (Fsp3) is 0.700. The number of hydrogen-bond donors (Lipinski definition) is 0. The van der Waals surface area contributed by atoms with Crippen molar-refractivity contribution in [3.8, 4) is 0 Å². The third kappa shape index (κ3) is 4.03. The molecule has 0 N–H and O–H groups in total. The molecule has 0 radical (unpaired) electrons. The van der Waals surface area contributed by atoms with Crippen molar-refractivity contribution in [3.63, 3.8) is 0 Å². The summed E-state index contributed by atoms with van der Waals surface area (Å²) in [5.74, 6) is -20.6. The van der Waals surface area contributed by atoms with Crippen LogP contribution in [0.25, 0.3) is 0 Å².